The average molecular weight is 1530 g/mol. The zero-order chi connectivity index (χ0) is 77.7. The molecule has 0 bridgehead atoms. The Labute approximate surface area is 605 Å². The minimum atomic E-state index is -3.41. The first-order chi connectivity index (χ1) is 49.8. The van der Waals surface area contributed by atoms with Crippen LogP contribution in [0.1, 0.15) is 118 Å². The quantitative estimate of drug-likeness (QED) is 0.0200. The number of aliphatic hydroxyl groups is 18. The molecule has 33 atom stereocenters. The maximum Gasteiger partial charge on any atom is 0.364 e. The number of nitrogens with one attached hydrogen (secondary N) is 4. The number of aliphatic carboxylic acids is 1. The Morgan fingerprint density at radius 1 is 0.476 bits per heavy atom. The molecule has 6 aliphatic rings. The summed E-state index contributed by atoms with van der Waals surface area (Å²) < 4.78 is 71.3. The number of aliphatic hydroxyl groups excluding tert-OH is 18. The van der Waals surface area contributed by atoms with Crippen molar-refractivity contribution in [2.45, 2.75) is 320 Å². The molecule has 0 saturated carbocycles. The molecule has 105 heavy (non-hydrogen) atoms. The van der Waals surface area contributed by atoms with Crippen molar-refractivity contribution < 1.29 is 178 Å². The maximum absolute atomic E-state index is 13.7. The van der Waals surface area contributed by atoms with Crippen molar-refractivity contribution in [3.63, 3.8) is 0 Å². The van der Waals surface area contributed by atoms with Gasteiger partial charge < -0.3 is 175 Å². The normalized spacial score (nSPS) is 39.4. The summed E-state index contributed by atoms with van der Waals surface area (Å²) in [7, 11) is 0. The molecule has 0 aromatic heterocycles. The van der Waals surface area contributed by atoms with Crippen molar-refractivity contribution in [3.8, 4) is 0 Å². The minimum absolute atomic E-state index is 0.494. The van der Waals surface area contributed by atoms with Crippen LogP contribution in [0.15, 0.2) is 12.2 Å². The maximum atomic E-state index is 13.7. The van der Waals surface area contributed by atoms with Gasteiger partial charge in [0.05, 0.1) is 70.5 Å². The van der Waals surface area contributed by atoms with Crippen molar-refractivity contribution in [3.05, 3.63) is 12.2 Å². The van der Waals surface area contributed by atoms with Crippen molar-refractivity contribution in [2.24, 2.45) is 0 Å². The van der Waals surface area contributed by atoms with Crippen LogP contribution in [0.4, 0.5) is 0 Å². The molecule has 0 aromatic carbocycles. The third-order valence-corrected chi connectivity index (χ3v) is 19.1. The predicted molar refractivity (Wildman–Crippen MR) is 349 cm³/mol. The van der Waals surface area contributed by atoms with E-state index in [2.05, 4.69) is 28.2 Å². The van der Waals surface area contributed by atoms with Crippen LogP contribution in [0.3, 0.4) is 0 Å². The molecule has 0 unspecified atom stereocenters. The minimum Gasteiger partial charge on any atom is -0.477 e. The van der Waals surface area contributed by atoms with Gasteiger partial charge in [0.25, 0.3) is 5.79 Å². The van der Waals surface area contributed by atoms with E-state index in [0.29, 0.717) is 6.42 Å². The molecule has 40 nitrogen and oxygen atoms in total. The van der Waals surface area contributed by atoms with Gasteiger partial charge in [0, 0.05) is 34.1 Å². The topological polar surface area (TPSA) is 629 Å². The van der Waals surface area contributed by atoms with Crippen LogP contribution >= 0.6 is 0 Å². The number of carbonyl (C=O) groups excluding carboxylic acids is 4. The highest BCUT2D eigenvalue weighted by Crippen LogP contribution is 2.41. The van der Waals surface area contributed by atoms with Crippen LogP contribution in [0.25, 0.3) is 0 Å². The molecule has 40 heteroatoms. The molecule has 23 N–H and O–H groups in total. The number of amides is 4. The monoisotopic (exact) mass is 1520 g/mol. The number of hydrogen-bond donors (Lipinski definition) is 23. The first-order valence-corrected chi connectivity index (χ1v) is 35.5. The fourth-order valence-electron chi connectivity index (χ4n) is 13.5. The van der Waals surface area contributed by atoms with E-state index < -0.39 is 284 Å². The van der Waals surface area contributed by atoms with Crippen molar-refractivity contribution >= 4 is 29.6 Å². The molecule has 0 aliphatic carbocycles. The van der Waals surface area contributed by atoms with Crippen molar-refractivity contribution in [1.29, 1.82) is 0 Å². The molecule has 6 fully saturated rings. The van der Waals surface area contributed by atoms with Gasteiger partial charge in [-0.1, -0.05) is 83.3 Å². The van der Waals surface area contributed by atoms with E-state index in [9.17, 15) is 121 Å². The van der Waals surface area contributed by atoms with Gasteiger partial charge in [-0.2, -0.15) is 0 Å². The van der Waals surface area contributed by atoms with Crippen molar-refractivity contribution in [1.82, 2.24) is 21.3 Å². The summed E-state index contributed by atoms with van der Waals surface area (Å²) in [5.41, 5.74) is 0. The molecule has 0 radical (unpaired) electrons. The molecule has 0 aromatic rings. The molecule has 6 saturated heterocycles. The zero-order valence-corrected chi connectivity index (χ0v) is 59.2. The molecule has 6 rings (SSSR count). The summed E-state index contributed by atoms with van der Waals surface area (Å²) >= 11 is 0. The molecular formula is C65H112N4O36. The molecule has 4 amide bonds. The summed E-state index contributed by atoms with van der Waals surface area (Å²) in [6.45, 7) is -1.01. The molecule has 6 heterocycles. The van der Waals surface area contributed by atoms with Gasteiger partial charge in [-0.05, 0) is 12.8 Å². The number of allylic oxidation sites excluding steroid dienone is 1. The van der Waals surface area contributed by atoms with E-state index in [0.717, 1.165) is 46.5 Å². The SMILES string of the molecule is CCCCCCCCCCCCC/C=C/[C@@H](O)[C@H](CO[C@@H]1O[C@H](CO)[C@@H](O[C@@H]2O[C@H](CO)[C@H](O[C@@H]3O[C@H](CO)[C@H](O)[C@H](O[C@@H]4O[C@H](CO)[C@H](O[C@@H]5O[C@H](CO)[C@H](O)[C@H](O)[C@H]5NC(C)=O)[C@H](O[C@]5(C(=O)O)C[C@H](O)[C@@H](NC(C)=O)[C@H]([C@H](O)[C@H](O)CO)O5)[C@H]4O)[C@H]3NC(C)=O)[C@H](O)[C@H]2O)[C@H](O)[C@H]1O)NC(C)=O. The van der Waals surface area contributed by atoms with Gasteiger partial charge in [0.1, 0.15) is 140 Å². The number of carboxylic acids is 1. The van der Waals surface area contributed by atoms with Crippen LogP contribution in [-0.2, 0) is 80.8 Å². The lowest BCUT2D eigenvalue weighted by atomic mass is 9.88. The van der Waals surface area contributed by atoms with Gasteiger partial charge in [0.15, 0.2) is 31.5 Å². The number of carbonyl (C=O) groups is 5. The van der Waals surface area contributed by atoms with E-state index >= 15 is 0 Å². The summed E-state index contributed by atoms with van der Waals surface area (Å²) in [6, 6.07) is -6.68. The molecular weight excluding hydrogens is 1410 g/mol. The Bertz CT molecular complexity index is 2660. The first kappa shape index (κ1) is 89.8. The summed E-state index contributed by atoms with van der Waals surface area (Å²) in [6.07, 6.45) is -42.6. The number of carboxylic acid groups (broad SMARTS) is 1. The second-order valence-corrected chi connectivity index (χ2v) is 27.3. The van der Waals surface area contributed by atoms with Crippen LogP contribution < -0.4 is 21.3 Å². The fraction of sp³-hybridized carbons (Fsp3) is 0.892. The second-order valence-electron chi connectivity index (χ2n) is 27.3. The fourth-order valence-corrected chi connectivity index (χ4v) is 13.5. The van der Waals surface area contributed by atoms with Crippen molar-refractivity contribution in [2.75, 3.05) is 46.2 Å². The van der Waals surface area contributed by atoms with Gasteiger partial charge in [-0.25, -0.2) is 4.79 Å². The van der Waals surface area contributed by atoms with E-state index in [1.807, 2.05) is 0 Å². The average Bonchev–Trinajstić information content (AvgIpc) is 0.747. The standard InChI is InChI=1S/C65H112N4O36/c1-6-7-8-9-10-11-12-13-14-15-16-17-18-19-33(80)32(66-28(2)76)27-94-61-50(89)48(87)54(38(24-73)97-61)101-62-51(90)49(88)53(39(25-74)98-62)100-60-43(69-31(5)79)56(46(85)37(23-72)96-60)103-63-52(91)58(55(40(26-75)99-63)102-59-42(68-30(4)78)47(86)45(84)36(22-71)95-59)105-65(64(92)93)20-34(81)41(67-29(3)77)57(104-65)44(83)35(82)21-70/h18-19,32-63,70-75,80-91H,6-17,20-27H2,1-5H3,(H,66,76)(H,67,77)(H,68,78)(H,69,79)(H,92,93)/b19-18+/t32-,33+,34-,35+,36+,37+,38+,39+,40+,41+,42+,43+,44+,45-,46-,47+,48+,49+,50+,51+,52+,53-,54+,55-,56+,57+,58+,59-,60-,61+,62-,63-,65-/m0/s1. The van der Waals surface area contributed by atoms with Gasteiger partial charge in [-0.3, -0.25) is 19.2 Å². The molecule has 6 aliphatic heterocycles. The highest BCUT2D eigenvalue weighted by Gasteiger charge is 2.63. The molecule has 608 valence electrons. The largest absolute Gasteiger partial charge is 0.477 e. The Morgan fingerprint density at radius 2 is 0.914 bits per heavy atom. The number of ether oxygens (including phenoxy) is 12. The Kier molecular flexibility index (Phi) is 36.7. The van der Waals surface area contributed by atoms with Gasteiger partial charge >= 0.3 is 5.97 Å². The highest BCUT2D eigenvalue weighted by atomic mass is 16.8. The van der Waals surface area contributed by atoms with Gasteiger partial charge in [0.2, 0.25) is 23.6 Å². The predicted octanol–water partition coefficient (Wildman–Crippen LogP) is -9.32. The highest BCUT2D eigenvalue weighted by molar-refractivity contribution is 5.77. The third-order valence-electron chi connectivity index (χ3n) is 19.1. The van der Waals surface area contributed by atoms with Crippen LogP contribution in [0, 0.1) is 0 Å². The molecule has 0 spiro atoms. The number of hydrogen-bond acceptors (Lipinski definition) is 35. The summed E-state index contributed by atoms with van der Waals surface area (Å²) in [5, 5.41) is 221. The second kappa shape index (κ2) is 42.9. The lowest BCUT2D eigenvalue weighted by Gasteiger charge is -2.53. The lowest BCUT2D eigenvalue weighted by Crippen LogP contribution is -2.72. The number of rotatable bonds is 40. The Balaban J connectivity index is 1.22. The van der Waals surface area contributed by atoms with E-state index in [1.54, 1.807) is 6.08 Å². The summed E-state index contributed by atoms with van der Waals surface area (Å²) in [4.78, 5) is 64.0. The van der Waals surface area contributed by atoms with Crippen LogP contribution in [0.2, 0.25) is 0 Å². The summed E-state index contributed by atoms with van der Waals surface area (Å²) in [5.74, 6) is -8.88. The van der Waals surface area contributed by atoms with Crippen LogP contribution in [0.5, 0.6) is 0 Å². The van der Waals surface area contributed by atoms with E-state index in [4.69, 9.17) is 56.8 Å². The Morgan fingerprint density at radius 3 is 1.43 bits per heavy atom. The zero-order valence-electron chi connectivity index (χ0n) is 59.2. The third kappa shape index (κ3) is 23.7. The van der Waals surface area contributed by atoms with E-state index in [1.165, 1.54) is 57.9 Å². The smallest absolute Gasteiger partial charge is 0.364 e. The van der Waals surface area contributed by atoms with Crippen LogP contribution in [-0.4, -0.2) is 375 Å². The van der Waals surface area contributed by atoms with E-state index in [-0.39, 0.29) is 0 Å². The lowest BCUT2D eigenvalue weighted by molar-refractivity contribution is -0.400. The van der Waals surface area contributed by atoms with Gasteiger partial charge in [-0.15, -0.1) is 0 Å². The first-order valence-electron chi connectivity index (χ1n) is 35.5. The number of unbranched alkanes of at least 4 members (excludes halogenated alkanes) is 11. The Hall–Kier alpha value is -4.11.